The van der Waals surface area contributed by atoms with E-state index >= 15 is 0 Å². The number of carboxylic acids is 1. The maximum absolute atomic E-state index is 12.0. The number of anilines is 1. The molecule has 1 atom stereocenters. The Morgan fingerprint density at radius 1 is 1.25 bits per heavy atom. The van der Waals surface area contributed by atoms with Gasteiger partial charge in [-0.05, 0) is 66.3 Å². The van der Waals surface area contributed by atoms with Gasteiger partial charge in [0.1, 0.15) is 0 Å². The van der Waals surface area contributed by atoms with Crippen molar-refractivity contribution in [1.29, 1.82) is 0 Å². The summed E-state index contributed by atoms with van der Waals surface area (Å²) in [6, 6.07) is 11.8. The summed E-state index contributed by atoms with van der Waals surface area (Å²) >= 11 is 2.25. The van der Waals surface area contributed by atoms with Crippen LogP contribution in [0.3, 0.4) is 0 Å². The van der Waals surface area contributed by atoms with Gasteiger partial charge in [-0.2, -0.15) is 0 Å². The third-order valence-electron chi connectivity index (χ3n) is 4.14. The molecule has 0 bridgehead atoms. The fourth-order valence-corrected chi connectivity index (χ4v) is 3.71. The molecule has 2 heterocycles. The number of carbonyl (C=O) groups is 1. The van der Waals surface area contributed by atoms with E-state index in [0.717, 1.165) is 26.2 Å². The van der Waals surface area contributed by atoms with Gasteiger partial charge in [0.15, 0.2) is 0 Å². The summed E-state index contributed by atoms with van der Waals surface area (Å²) in [5, 5.41) is 9.83. The smallest absolute Gasteiger partial charge is 0.334 e. The van der Waals surface area contributed by atoms with Gasteiger partial charge in [-0.15, -0.1) is 0 Å². The van der Waals surface area contributed by atoms with E-state index in [9.17, 15) is 9.90 Å². The van der Waals surface area contributed by atoms with Gasteiger partial charge in [0.05, 0.1) is 17.5 Å². The number of carboxylic acid groups (broad SMARTS) is 1. The van der Waals surface area contributed by atoms with Gasteiger partial charge in [-0.25, -0.2) is 4.79 Å². The monoisotopic (exact) mass is 432 g/mol. The van der Waals surface area contributed by atoms with Crippen LogP contribution in [0, 0.1) is 3.57 Å². The maximum atomic E-state index is 12.0. The first-order valence-corrected chi connectivity index (χ1v) is 8.65. The van der Waals surface area contributed by atoms with Crippen LogP contribution >= 0.6 is 22.6 Å². The van der Waals surface area contributed by atoms with Gasteiger partial charge < -0.3 is 10.0 Å². The van der Waals surface area contributed by atoms with Gasteiger partial charge >= 0.3 is 5.97 Å². The lowest BCUT2D eigenvalue weighted by Crippen LogP contribution is -2.29. The number of aliphatic carboxylic acids is 1. The molecule has 1 aromatic carbocycles. The number of benzene rings is 1. The fourth-order valence-electron chi connectivity index (χ4n) is 3.14. The Hall–Kier alpha value is -2.15. The molecule has 0 saturated carbocycles. The van der Waals surface area contributed by atoms with E-state index in [1.165, 1.54) is 0 Å². The molecule has 4 nitrogen and oxygen atoms in total. The molecule has 0 spiro atoms. The van der Waals surface area contributed by atoms with Crippen LogP contribution in [0.5, 0.6) is 0 Å². The van der Waals surface area contributed by atoms with Gasteiger partial charge in [-0.1, -0.05) is 18.2 Å². The van der Waals surface area contributed by atoms with E-state index in [-0.39, 0.29) is 5.92 Å². The molecule has 1 unspecified atom stereocenters. The van der Waals surface area contributed by atoms with Gasteiger partial charge in [0.2, 0.25) is 0 Å². The molecule has 0 radical (unpaired) electrons. The molecule has 1 aliphatic heterocycles. The zero-order valence-electron chi connectivity index (χ0n) is 13.4. The summed E-state index contributed by atoms with van der Waals surface area (Å²) < 4.78 is 1.09. The molecular weight excluding hydrogens is 415 g/mol. The van der Waals surface area contributed by atoms with E-state index in [2.05, 4.69) is 27.6 Å². The van der Waals surface area contributed by atoms with Crippen molar-refractivity contribution < 1.29 is 9.90 Å². The first kappa shape index (κ1) is 16.7. The highest BCUT2D eigenvalue weighted by Gasteiger charge is 2.31. The minimum Gasteiger partial charge on any atom is -0.478 e. The second-order valence-electron chi connectivity index (χ2n) is 5.69. The van der Waals surface area contributed by atoms with E-state index in [0.29, 0.717) is 5.57 Å². The van der Waals surface area contributed by atoms with E-state index in [1.54, 1.807) is 12.4 Å². The van der Waals surface area contributed by atoms with Crippen molar-refractivity contribution in [2.45, 2.75) is 19.8 Å². The number of pyridine rings is 1. The van der Waals surface area contributed by atoms with Crippen LogP contribution in [0.1, 0.15) is 25.3 Å². The summed E-state index contributed by atoms with van der Waals surface area (Å²) in [5.74, 6) is -1.15. The molecule has 0 saturated heterocycles. The third kappa shape index (κ3) is 3.08. The minimum atomic E-state index is -0.894. The molecule has 0 aliphatic carbocycles. The summed E-state index contributed by atoms with van der Waals surface area (Å²) in [6.07, 6.45) is 5.46. The number of halogens is 1. The lowest BCUT2D eigenvalue weighted by molar-refractivity contribution is -0.132. The second kappa shape index (κ2) is 6.76. The maximum Gasteiger partial charge on any atom is 0.334 e. The predicted octanol–water partition coefficient (Wildman–Crippen LogP) is 4.55. The van der Waals surface area contributed by atoms with Gasteiger partial charge in [-0.3, -0.25) is 4.98 Å². The summed E-state index contributed by atoms with van der Waals surface area (Å²) in [5.41, 5.74) is 3.97. The van der Waals surface area contributed by atoms with Crippen molar-refractivity contribution in [2.24, 2.45) is 0 Å². The molecular formula is C19H17IN2O2. The van der Waals surface area contributed by atoms with Crippen LogP contribution in [0.15, 0.2) is 71.8 Å². The first-order chi connectivity index (χ1) is 11.5. The Balaban J connectivity index is 2.14. The molecule has 24 heavy (non-hydrogen) atoms. The highest BCUT2D eigenvalue weighted by atomic mass is 127. The van der Waals surface area contributed by atoms with Crippen molar-refractivity contribution in [3.63, 3.8) is 0 Å². The van der Waals surface area contributed by atoms with Crippen LogP contribution in [-0.4, -0.2) is 16.1 Å². The number of aromatic nitrogens is 1. The Bertz CT molecular complexity index is 843. The summed E-state index contributed by atoms with van der Waals surface area (Å²) in [4.78, 5) is 18.1. The molecule has 1 N–H and O–H groups in total. The van der Waals surface area contributed by atoms with Crippen LogP contribution in [0.25, 0.3) is 0 Å². The third-order valence-corrected chi connectivity index (χ3v) is 4.81. The molecule has 2 aromatic rings. The highest BCUT2D eigenvalue weighted by Crippen LogP contribution is 2.38. The summed E-state index contributed by atoms with van der Waals surface area (Å²) in [7, 11) is 0. The molecule has 3 rings (SSSR count). The normalized spacial score (nSPS) is 17.7. The zero-order valence-corrected chi connectivity index (χ0v) is 15.6. The largest absolute Gasteiger partial charge is 0.478 e. The molecule has 122 valence electrons. The van der Waals surface area contributed by atoms with Crippen molar-refractivity contribution in [3.05, 3.63) is 81.0 Å². The molecule has 0 amide bonds. The number of hydrogen-bond acceptors (Lipinski definition) is 3. The van der Waals surface area contributed by atoms with E-state index < -0.39 is 5.97 Å². The van der Waals surface area contributed by atoms with Gasteiger partial charge in [0, 0.05) is 27.1 Å². The van der Waals surface area contributed by atoms with E-state index in [4.69, 9.17) is 0 Å². The highest BCUT2D eigenvalue weighted by molar-refractivity contribution is 14.1. The first-order valence-electron chi connectivity index (χ1n) is 7.57. The van der Waals surface area contributed by atoms with E-state index in [1.807, 2.05) is 61.2 Å². The average molecular weight is 432 g/mol. The van der Waals surface area contributed by atoms with Crippen molar-refractivity contribution in [2.75, 3.05) is 4.90 Å². The Kier molecular flexibility index (Phi) is 4.71. The standard InChI is InChI=1S/C19H17IN2O2/c1-12-9-17(14-5-3-6-15(20)10-14)18(19(23)24)13(2)22(12)16-7-4-8-21-11-16/h3-11,17H,1-2H3,(H,23,24). The van der Waals surface area contributed by atoms with Crippen molar-refractivity contribution in [3.8, 4) is 0 Å². The molecule has 0 fully saturated rings. The van der Waals surface area contributed by atoms with Crippen molar-refractivity contribution >= 4 is 34.2 Å². The number of allylic oxidation sites excluding steroid dienone is 3. The van der Waals surface area contributed by atoms with Crippen LogP contribution in [0.4, 0.5) is 5.69 Å². The van der Waals surface area contributed by atoms with Crippen LogP contribution in [0.2, 0.25) is 0 Å². The number of hydrogen-bond donors (Lipinski definition) is 1. The molecule has 1 aliphatic rings. The Morgan fingerprint density at radius 3 is 2.67 bits per heavy atom. The van der Waals surface area contributed by atoms with Crippen LogP contribution in [-0.2, 0) is 4.79 Å². The number of rotatable bonds is 3. The molecule has 5 heteroatoms. The minimum absolute atomic E-state index is 0.259. The Morgan fingerprint density at radius 2 is 2.04 bits per heavy atom. The summed E-state index contributed by atoms with van der Waals surface area (Å²) in [6.45, 7) is 3.85. The average Bonchev–Trinajstić information content (AvgIpc) is 2.55. The zero-order chi connectivity index (χ0) is 17.3. The SMILES string of the molecule is CC1=CC(c2cccc(I)c2)C(C(=O)O)=C(C)N1c1cccnc1. The fraction of sp³-hybridized carbons (Fsp3) is 0.158. The Labute approximate surface area is 154 Å². The lowest BCUT2D eigenvalue weighted by atomic mass is 9.86. The number of nitrogens with zero attached hydrogens (tertiary/aromatic N) is 2. The second-order valence-corrected chi connectivity index (χ2v) is 6.94. The van der Waals surface area contributed by atoms with Crippen LogP contribution < -0.4 is 4.90 Å². The topological polar surface area (TPSA) is 53.4 Å². The quantitative estimate of drug-likeness (QED) is 0.724. The van der Waals surface area contributed by atoms with Gasteiger partial charge in [0.25, 0.3) is 0 Å². The lowest BCUT2D eigenvalue weighted by Gasteiger charge is -2.34. The van der Waals surface area contributed by atoms with Crippen molar-refractivity contribution in [1.82, 2.24) is 4.98 Å². The predicted molar refractivity (Wildman–Crippen MR) is 103 cm³/mol. The molecule has 1 aromatic heterocycles.